The van der Waals surface area contributed by atoms with Crippen LogP contribution in [0.4, 0.5) is 0 Å². The van der Waals surface area contributed by atoms with Crippen LogP contribution in [-0.4, -0.2) is 89.1 Å². The topological polar surface area (TPSA) is 99.2 Å². The molecule has 3 heterocycles. The van der Waals surface area contributed by atoms with Crippen LogP contribution in [0.5, 0.6) is 0 Å². The van der Waals surface area contributed by atoms with Crippen molar-refractivity contribution in [3.63, 3.8) is 0 Å². The maximum Gasteiger partial charge on any atom is 0.252 e. The summed E-state index contributed by atoms with van der Waals surface area (Å²) in [6, 6.07) is 7.07. The molecular weight excluding hydrogens is 446 g/mol. The molecule has 4 aliphatic rings. The highest BCUT2D eigenvalue weighted by Gasteiger charge is 2.56. The summed E-state index contributed by atoms with van der Waals surface area (Å²) < 4.78 is 5.42. The number of nitrogens with one attached hydrogen (secondary N) is 1. The fraction of sp³-hybridized carbons (Fsp3) is 0.667. The molecule has 0 spiro atoms. The van der Waals surface area contributed by atoms with Crippen molar-refractivity contribution in [3.05, 3.63) is 35.4 Å². The average molecular weight is 484 g/mol. The van der Waals surface area contributed by atoms with Gasteiger partial charge in [-0.2, -0.15) is 0 Å². The van der Waals surface area contributed by atoms with Gasteiger partial charge in [-0.1, -0.05) is 31.9 Å². The molecule has 8 nitrogen and oxygen atoms in total. The molecule has 3 atom stereocenters. The van der Waals surface area contributed by atoms with Crippen LogP contribution in [0.25, 0.3) is 0 Å². The van der Waals surface area contributed by atoms with E-state index in [-0.39, 0.29) is 30.7 Å². The van der Waals surface area contributed by atoms with Gasteiger partial charge in [0, 0.05) is 5.56 Å². The van der Waals surface area contributed by atoms with Crippen LogP contribution in [0.1, 0.15) is 73.7 Å². The van der Waals surface area contributed by atoms with Crippen molar-refractivity contribution in [1.82, 2.24) is 15.1 Å². The summed E-state index contributed by atoms with van der Waals surface area (Å²) in [5.41, 5.74) is 0.761. The van der Waals surface area contributed by atoms with Gasteiger partial charge in [0.2, 0.25) is 5.91 Å². The number of benzene rings is 1. The normalized spacial score (nSPS) is 28.9. The molecule has 3 saturated heterocycles. The molecule has 2 amide bonds. The molecule has 3 aliphatic heterocycles. The molecule has 1 aromatic carbocycles. The Morgan fingerprint density at radius 1 is 1.14 bits per heavy atom. The average Bonchev–Trinajstić information content (AvgIpc) is 3.58. The summed E-state index contributed by atoms with van der Waals surface area (Å²) in [7, 11) is 0. The number of β-amino-alcohol motifs (C(OH)–C–C–N with tert-alkyl or cyclic N) is 1. The first-order valence-corrected chi connectivity index (χ1v) is 13.2. The third-order valence-electron chi connectivity index (χ3n) is 8.41. The van der Waals surface area contributed by atoms with Crippen molar-refractivity contribution in [3.8, 4) is 0 Å². The van der Waals surface area contributed by atoms with Crippen molar-refractivity contribution >= 4 is 17.6 Å². The van der Waals surface area contributed by atoms with Crippen molar-refractivity contribution in [2.45, 2.75) is 81.6 Å². The van der Waals surface area contributed by atoms with E-state index in [0.29, 0.717) is 24.3 Å². The fourth-order valence-electron chi connectivity index (χ4n) is 6.49. The van der Waals surface area contributed by atoms with E-state index in [1.807, 2.05) is 24.3 Å². The quantitative estimate of drug-likeness (QED) is 0.641. The second-order valence-corrected chi connectivity index (χ2v) is 10.7. The van der Waals surface area contributed by atoms with Gasteiger partial charge in [0.1, 0.15) is 30.4 Å². The molecule has 5 rings (SSSR count). The second kappa shape index (κ2) is 9.99. The Bertz CT molecular complexity index is 950. The Morgan fingerprint density at radius 3 is 2.49 bits per heavy atom. The Kier molecular flexibility index (Phi) is 6.97. The number of aliphatic hydroxyl groups excluding tert-OH is 1. The molecule has 8 heteroatoms. The van der Waals surface area contributed by atoms with Crippen LogP contribution >= 0.6 is 0 Å². The second-order valence-electron chi connectivity index (χ2n) is 10.7. The molecule has 0 unspecified atom stereocenters. The zero-order chi connectivity index (χ0) is 24.6. The van der Waals surface area contributed by atoms with Crippen LogP contribution in [0, 0.1) is 0 Å². The van der Waals surface area contributed by atoms with Crippen molar-refractivity contribution < 1.29 is 24.2 Å². The Morgan fingerprint density at radius 2 is 1.83 bits per heavy atom. The summed E-state index contributed by atoms with van der Waals surface area (Å²) in [5, 5.41) is 13.4. The van der Waals surface area contributed by atoms with Gasteiger partial charge < -0.3 is 25.0 Å². The number of amides is 2. The van der Waals surface area contributed by atoms with Crippen molar-refractivity contribution in [2.24, 2.45) is 0 Å². The number of hydrogen-bond donors (Lipinski definition) is 2. The van der Waals surface area contributed by atoms with E-state index < -0.39 is 23.8 Å². The van der Waals surface area contributed by atoms with Gasteiger partial charge in [-0.05, 0) is 75.4 Å². The van der Waals surface area contributed by atoms with Gasteiger partial charge in [-0.3, -0.25) is 14.4 Å². The number of rotatable bonds is 6. The minimum absolute atomic E-state index is 0.0588. The smallest absolute Gasteiger partial charge is 0.252 e. The zero-order valence-corrected chi connectivity index (χ0v) is 20.6. The molecule has 1 aliphatic carbocycles. The van der Waals surface area contributed by atoms with E-state index in [1.54, 1.807) is 0 Å². The highest BCUT2D eigenvalue weighted by molar-refractivity contribution is 6.01. The Hall–Kier alpha value is -2.29. The van der Waals surface area contributed by atoms with E-state index in [4.69, 9.17) is 4.74 Å². The highest BCUT2D eigenvalue weighted by Crippen LogP contribution is 2.36. The number of Topliss-reactive ketones (excluding diaryl/α,β-unsaturated/α-hetero) is 1. The lowest BCUT2D eigenvalue weighted by Gasteiger charge is -2.35. The maximum atomic E-state index is 13.7. The molecule has 1 saturated carbocycles. The largest absolute Gasteiger partial charge is 0.388 e. The lowest BCUT2D eigenvalue weighted by atomic mass is 9.88. The first-order valence-electron chi connectivity index (χ1n) is 13.2. The Labute approximate surface area is 207 Å². The van der Waals surface area contributed by atoms with E-state index >= 15 is 0 Å². The van der Waals surface area contributed by atoms with E-state index in [9.17, 15) is 19.5 Å². The number of piperidine rings is 1. The number of fused-ring (bicyclic) bond motifs is 1. The molecule has 35 heavy (non-hydrogen) atoms. The van der Waals surface area contributed by atoms with Gasteiger partial charge >= 0.3 is 0 Å². The van der Waals surface area contributed by atoms with Gasteiger partial charge in [-0.25, -0.2) is 0 Å². The van der Waals surface area contributed by atoms with E-state index in [2.05, 4.69) is 17.1 Å². The molecule has 1 aromatic rings. The predicted molar refractivity (Wildman–Crippen MR) is 130 cm³/mol. The summed E-state index contributed by atoms with van der Waals surface area (Å²) in [5.74, 6) is -0.210. The highest BCUT2D eigenvalue weighted by atomic mass is 16.5. The number of ketones is 1. The molecular formula is C27H37N3O5. The minimum Gasteiger partial charge on any atom is -0.388 e. The van der Waals surface area contributed by atoms with Gasteiger partial charge in [0.05, 0.1) is 6.54 Å². The third-order valence-corrected chi connectivity index (χ3v) is 8.41. The van der Waals surface area contributed by atoms with Crippen LogP contribution in [-0.2, 0) is 14.3 Å². The standard InChI is InChI=1S/C27H37N3O5/c1-2-13-29-14-9-19(10-15-29)18-5-7-20(8-6-18)25(33)28-27(11-3-4-12-27)26(34)30-16-21(31)24-23(30)22(32)17-35-24/h5-8,19,21,23-24,31H,2-4,9-17H2,1H3,(H,28,33)/t21-,23+,24+/m0/s1. The third kappa shape index (κ3) is 4.63. The predicted octanol–water partition coefficient (Wildman–Crippen LogP) is 1.86. The number of aliphatic hydroxyl groups is 1. The van der Waals surface area contributed by atoms with Crippen LogP contribution in [0.15, 0.2) is 24.3 Å². The lowest BCUT2D eigenvalue weighted by molar-refractivity contribution is -0.142. The molecule has 2 N–H and O–H groups in total. The first-order chi connectivity index (χ1) is 16.9. The summed E-state index contributed by atoms with van der Waals surface area (Å²) in [6.45, 7) is 5.58. The molecule has 190 valence electrons. The van der Waals surface area contributed by atoms with Crippen LogP contribution < -0.4 is 5.32 Å². The summed E-state index contributed by atoms with van der Waals surface area (Å²) in [4.78, 5) is 43.3. The Balaban J connectivity index is 1.26. The molecule has 4 fully saturated rings. The van der Waals surface area contributed by atoms with Gasteiger partial charge in [0.25, 0.3) is 5.91 Å². The van der Waals surface area contributed by atoms with Crippen molar-refractivity contribution in [2.75, 3.05) is 32.8 Å². The number of likely N-dealkylation sites (tertiary alicyclic amines) is 2. The minimum atomic E-state index is -1.04. The first kappa shape index (κ1) is 24.4. The van der Waals surface area contributed by atoms with Crippen LogP contribution in [0.3, 0.4) is 0 Å². The summed E-state index contributed by atoms with van der Waals surface area (Å²) in [6.07, 6.45) is 4.63. The number of carbonyl (C=O) groups excluding carboxylic acids is 3. The fourth-order valence-corrected chi connectivity index (χ4v) is 6.49. The number of carbonyl (C=O) groups is 3. The monoisotopic (exact) mass is 483 g/mol. The van der Waals surface area contributed by atoms with Crippen molar-refractivity contribution in [1.29, 1.82) is 0 Å². The number of hydrogen-bond acceptors (Lipinski definition) is 6. The van der Waals surface area contributed by atoms with Gasteiger partial charge in [-0.15, -0.1) is 0 Å². The lowest BCUT2D eigenvalue weighted by Crippen LogP contribution is -2.60. The van der Waals surface area contributed by atoms with Gasteiger partial charge in [0.15, 0.2) is 5.78 Å². The molecule has 0 aromatic heterocycles. The zero-order valence-electron chi connectivity index (χ0n) is 20.6. The SMILES string of the molecule is CCCN1CCC(c2ccc(C(=O)NC3(C(=O)N4C[C@H](O)[C@H]5OCC(=O)[C@H]54)CCCC3)cc2)CC1. The van der Waals surface area contributed by atoms with Crippen LogP contribution in [0.2, 0.25) is 0 Å². The molecule has 0 radical (unpaired) electrons. The maximum absolute atomic E-state index is 13.7. The number of nitrogens with zero attached hydrogens (tertiary/aromatic N) is 2. The van der Waals surface area contributed by atoms with E-state index in [0.717, 1.165) is 45.3 Å². The number of ether oxygens (including phenoxy) is 1. The summed E-state index contributed by atoms with van der Waals surface area (Å²) >= 11 is 0. The molecule has 0 bridgehead atoms. The van der Waals surface area contributed by atoms with E-state index in [1.165, 1.54) is 16.9 Å².